The maximum Gasteiger partial charge on any atom is 0.244 e. The highest BCUT2D eigenvalue weighted by Gasteiger charge is 2.22. The Morgan fingerprint density at radius 2 is 2.04 bits per heavy atom. The zero-order valence-corrected chi connectivity index (χ0v) is 16.7. The van der Waals surface area contributed by atoms with Gasteiger partial charge in [-0.25, -0.2) is 9.37 Å². The number of aromatic nitrogens is 3. The largest absolute Gasteiger partial charge is 0.375 e. The Hall–Kier alpha value is -2.74. The van der Waals surface area contributed by atoms with Crippen LogP contribution in [0.5, 0.6) is 0 Å². The number of hydrogen-bond acceptors (Lipinski definition) is 5. The Bertz CT molecular complexity index is 1020. The normalized spacial score (nSPS) is 14.0. The van der Waals surface area contributed by atoms with E-state index in [2.05, 4.69) is 10.1 Å². The third kappa shape index (κ3) is 3.64. The molecule has 0 spiro atoms. The molecular weight excluding hydrogens is 377 g/mol. The van der Waals surface area contributed by atoms with E-state index in [1.54, 1.807) is 23.7 Å². The summed E-state index contributed by atoms with van der Waals surface area (Å²) >= 11 is 1.51. The standard InChI is InChI=1S/C20H22FN5OS/c1-12-9-14(3-4-15(12)21)17-10-13(2)26(24-17)11-19(27)25-7-5-16-18(6-8-25)28-20(22)23-16/h3-4,9-10H,5-8,11H2,1-2H3,(H2,22,23). The molecule has 0 aliphatic carbocycles. The average Bonchev–Trinajstić information content (AvgIpc) is 3.13. The quantitative estimate of drug-likeness (QED) is 0.735. The molecule has 6 nitrogen and oxygen atoms in total. The predicted octanol–water partition coefficient (Wildman–Crippen LogP) is 2.97. The number of benzene rings is 1. The third-order valence-corrected chi connectivity index (χ3v) is 6.08. The molecule has 1 aromatic carbocycles. The molecule has 8 heteroatoms. The van der Waals surface area contributed by atoms with Gasteiger partial charge in [0.15, 0.2) is 5.13 Å². The number of anilines is 1. The first-order valence-corrected chi connectivity index (χ1v) is 10.0. The molecule has 0 unspecified atom stereocenters. The molecule has 1 aliphatic heterocycles. The summed E-state index contributed by atoms with van der Waals surface area (Å²) in [5.41, 5.74) is 9.86. The molecule has 3 heterocycles. The van der Waals surface area contributed by atoms with Crippen LogP contribution in [0, 0.1) is 19.7 Å². The van der Waals surface area contributed by atoms with Gasteiger partial charge >= 0.3 is 0 Å². The fourth-order valence-corrected chi connectivity index (χ4v) is 4.34. The van der Waals surface area contributed by atoms with Crippen molar-refractivity contribution < 1.29 is 9.18 Å². The van der Waals surface area contributed by atoms with Crippen molar-refractivity contribution in [3.8, 4) is 11.3 Å². The molecule has 0 bridgehead atoms. The van der Waals surface area contributed by atoms with Crippen LogP contribution in [0.25, 0.3) is 11.3 Å². The number of hydrogen-bond donors (Lipinski definition) is 1. The molecule has 2 N–H and O–H groups in total. The van der Waals surface area contributed by atoms with Gasteiger partial charge in [-0.1, -0.05) is 0 Å². The van der Waals surface area contributed by atoms with Crippen LogP contribution < -0.4 is 5.73 Å². The summed E-state index contributed by atoms with van der Waals surface area (Å²) in [5, 5.41) is 5.17. The van der Waals surface area contributed by atoms with Crippen LogP contribution in [0.15, 0.2) is 24.3 Å². The summed E-state index contributed by atoms with van der Waals surface area (Å²) in [6.07, 6.45) is 1.51. The Labute approximate surface area is 166 Å². The fourth-order valence-electron chi connectivity index (χ4n) is 3.48. The third-order valence-electron chi connectivity index (χ3n) is 5.09. The molecular formula is C20H22FN5OS. The van der Waals surface area contributed by atoms with Gasteiger partial charge in [0, 0.05) is 42.1 Å². The van der Waals surface area contributed by atoms with Gasteiger partial charge in [-0.3, -0.25) is 9.48 Å². The number of aryl methyl sites for hydroxylation is 2. The van der Waals surface area contributed by atoms with E-state index >= 15 is 0 Å². The number of nitrogen functional groups attached to an aromatic ring is 1. The average molecular weight is 399 g/mol. The molecule has 0 radical (unpaired) electrons. The first-order chi connectivity index (χ1) is 13.4. The van der Waals surface area contributed by atoms with Gasteiger partial charge in [0.1, 0.15) is 12.4 Å². The van der Waals surface area contributed by atoms with E-state index < -0.39 is 0 Å². The summed E-state index contributed by atoms with van der Waals surface area (Å²) in [6.45, 7) is 5.14. The minimum atomic E-state index is -0.235. The van der Waals surface area contributed by atoms with Crippen molar-refractivity contribution in [2.45, 2.75) is 33.2 Å². The first kappa shape index (κ1) is 18.6. The van der Waals surface area contributed by atoms with Crippen molar-refractivity contribution in [2.75, 3.05) is 18.8 Å². The Morgan fingerprint density at radius 1 is 1.25 bits per heavy atom. The van der Waals surface area contributed by atoms with E-state index in [0.717, 1.165) is 35.5 Å². The Morgan fingerprint density at radius 3 is 2.82 bits per heavy atom. The number of carbonyl (C=O) groups is 1. The van der Waals surface area contributed by atoms with Crippen molar-refractivity contribution >= 4 is 22.4 Å². The van der Waals surface area contributed by atoms with Crippen LogP contribution >= 0.6 is 11.3 Å². The first-order valence-electron chi connectivity index (χ1n) is 9.23. The summed E-state index contributed by atoms with van der Waals surface area (Å²) in [7, 11) is 0. The van der Waals surface area contributed by atoms with E-state index in [0.29, 0.717) is 23.8 Å². The number of carbonyl (C=O) groups excluding carboxylic acids is 1. The van der Waals surface area contributed by atoms with E-state index in [1.165, 1.54) is 22.3 Å². The van der Waals surface area contributed by atoms with Crippen molar-refractivity contribution in [3.05, 3.63) is 51.9 Å². The molecule has 3 aromatic rings. The number of rotatable bonds is 3. The van der Waals surface area contributed by atoms with Crippen LogP contribution in [-0.2, 0) is 24.2 Å². The van der Waals surface area contributed by atoms with Crippen LogP contribution in [0.4, 0.5) is 9.52 Å². The highest BCUT2D eigenvalue weighted by Crippen LogP contribution is 2.25. The molecule has 0 atom stereocenters. The lowest BCUT2D eigenvalue weighted by Gasteiger charge is -2.20. The van der Waals surface area contributed by atoms with Crippen molar-refractivity contribution in [3.63, 3.8) is 0 Å². The van der Waals surface area contributed by atoms with Gasteiger partial charge < -0.3 is 10.6 Å². The molecule has 28 heavy (non-hydrogen) atoms. The minimum absolute atomic E-state index is 0.0381. The second-order valence-corrected chi connectivity index (χ2v) is 8.21. The van der Waals surface area contributed by atoms with E-state index in [1.807, 2.05) is 17.9 Å². The van der Waals surface area contributed by atoms with Gasteiger partial charge in [0.2, 0.25) is 5.91 Å². The predicted molar refractivity (Wildman–Crippen MR) is 108 cm³/mol. The molecule has 2 aromatic heterocycles. The van der Waals surface area contributed by atoms with E-state index in [4.69, 9.17) is 5.73 Å². The van der Waals surface area contributed by atoms with Crippen LogP contribution in [-0.4, -0.2) is 38.7 Å². The van der Waals surface area contributed by atoms with Crippen LogP contribution in [0.2, 0.25) is 0 Å². The van der Waals surface area contributed by atoms with E-state index in [9.17, 15) is 9.18 Å². The van der Waals surface area contributed by atoms with Gasteiger partial charge in [0.05, 0.1) is 11.4 Å². The van der Waals surface area contributed by atoms with Crippen molar-refractivity contribution in [1.29, 1.82) is 0 Å². The SMILES string of the molecule is Cc1cc(-c2cc(C)n(CC(=O)N3CCc4nc(N)sc4CC3)n2)ccc1F. The van der Waals surface area contributed by atoms with Crippen molar-refractivity contribution in [1.82, 2.24) is 19.7 Å². The summed E-state index contributed by atoms with van der Waals surface area (Å²) in [5.74, 6) is -0.197. The number of nitrogens with two attached hydrogens (primary N) is 1. The highest BCUT2D eigenvalue weighted by molar-refractivity contribution is 7.15. The highest BCUT2D eigenvalue weighted by atomic mass is 32.1. The number of thiazole rings is 1. The van der Waals surface area contributed by atoms with Gasteiger partial charge in [0.25, 0.3) is 0 Å². The number of fused-ring (bicyclic) bond motifs is 1. The summed E-state index contributed by atoms with van der Waals surface area (Å²) in [6, 6.07) is 6.85. The molecule has 4 rings (SSSR count). The monoisotopic (exact) mass is 399 g/mol. The van der Waals surface area contributed by atoms with Gasteiger partial charge in [-0.05, 0) is 43.7 Å². The Balaban J connectivity index is 1.47. The summed E-state index contributed by atoms with van der Waals surface area (Å²) < 4.78 is 15.2. The topological polar surface area (TPSA) is 77.0 Å². The fraction of sp³-hybridized carbons (Fsp3) is 0.350. The molecule has 146 valence electrons. The number of amides is 1. The number of halogens is 1. The zero-order valence-electron chi connectivity index (χ0n) is 15.9. The van der Waals surface area contributed by atoms with E-state index in [-0.39, 0.29) is 18.3 Å². The lowest BCUT2D eigenvalue weighted by atomic mass is 10.1. The smallest absolute Gasteiger partial charge is 0.244 e. The van der Waals surface area contributed by atoms with Crippen LogP contribution in [0.3, 0.4) is 0 Å². The maximum atomic E-state index is 13.5. The summed E-state index contributed by atoms with van der Waals surface area (Å²) in [4.78, 5) is 20.2. The molecule has 0 saturated heterocycles. The lowest BCUT2D eigenvalue weighted by molar-refractivity contribution is -0.132. The van der Waals surface area contributed by atoms with Gasteiger partial charge in [-0.2, -0.15) is 5.10 Å². The van der Waals surface area contributed by atoms with Crippen molar-refractivity contribution in [2.24, 2.45) is 0 Å². The molecule has 0 saturated carbocycles. The Kier molecular flexibility index (Phi) is 4.89. The number of nitrogens with zero attached hydrogens (tertiary/aromatic N) is 4. The second-order valence-electron chi connectivity index (χ2n) is 7.10. The molecule has 1 amide bonds. The van der Waals surface area contributed by atoms with Crippen LogP contribution in [0.1, 0.15) is 21.8 Å². The zero-order chi connectivity index (χ0) is 19.8. The van der Waals surface area contributed by atoms with Gasteiger partial charge in [-0.15, -0.1) is 11.3 Å². The second kappa shape index (κ2) is 7.35. The minimum Gasteiger partial charge on any atom is -0.375 e. The lowest BCUT2D eigenvalue weighted by Crippen LogP contribution is -2.36. The molecule has 0 fully saturated rings. The maximum absolute atomic E-state index is 13.5. The molecule has 1 aliphatic rings.